The lowest BCUT2D eigenvalue weighted by Gasteiger charge is -2.44. The van der Waals surface area contributed by atoms with Crippen LogP contribution in [0.5, 0.6) is 0 Å². The number of ether oxygens (including phenoxy) is 3. The summed E-state index contributed by atoms with van der Waals surface area (Å²) in [5.74, 6) is 2.39. The molecule has 2 saturated carbocycles. The van der Waals surface area contributed by atoms with Crippen molar-refractivity contribution in [3.63, 3.8) is 0 Å². The average molecular weight is 898 g/mol. The second-order valence-electron chi connectivity index (χ2n) is 22.3. The van der Waals surface area contributed by atoms with E-state index < -0.39 is 12.3 Å². The van der Waals surface area contributed by atoms with Crippen LogP contribution in [0.1, 0.15) is 117 Å². The highest BCUT2D eigenvalue weighted by molar-refractivity contribution is 5.64. The minimum atomic E-state index is -0.901. The first-order chi connectivity index (χ1) is 30.8. The van der Waals surface area contributed by atoms with Gasteiger partial charge >= 0.3 is 0 Å². The second kappa shape index (κ2) is 22.0. The van der Waals surface area contributed by atoms with Gasteiger partial charge in [0.15, 0.2) is 0 Å². The molecule has 6 fully saturated rings. The Morgan fingerprint density at radius 3 is 2.39 bits per heavy atom. The Balaban J connectivity index is 0.802. The maximum Gasteiger partial charge on any atom is 0.251 e. The largest absolute Gasteiger partial charge is 0.378 e. The van der Waals surface area contributed by atoms with Crippen LogP contribution >= 0.6 is 0 Å². The van der Waals surface area contributed by atoms with E-state index in [2.05, 4.69) is 82.5 Å². The molecule has 3 N–H and O–H groups in total. The lowest BCUT2D eigenvalue weighted by molar-refractivity contribution is -0.117. The molecular weight excluding hydrogens is 813 g/mol. The van der Waals surface area contributed by atoms with Crippen molar-refractivity contribution < 1.29 is 23.0 Å². The Hall–Kier alpha value is -1.97. The third-order valence-electron chi connectivity index (χ3n) is 16.4. The van der Waals surface area contributed by atoms with Crippen LogP contribution in [0.3, 0.4) is 0 Å². The number of anilines is 1. The van der Waals surface area contributed by atoms with E-state index in [1.165, 1.54) is 38.8 Å². The number of piperidine rings is 2. The predicted octanol–water partition coefficient (Wildman–Crippen LogP) is 6.45. The summed E-state index contributed by atoms with van der Waals surface area (Å²) in [4.78, 5) is 26.8. The molecule has 64 heavy (non-hydrogen) atoms. The van der Waals surface area contributed by atoms with Crippen molar-refractivity contribution in [2.24, 2.45) is 23.7 Å². The van der Waals surface area contributed by atoms with Crippen molar-refractivity contribution in [3.8, 4) is 0 Å². The van der Waals surface area contributed by atoms with Gasteiger partial charge in [0.1, 0.15) is 12.3 Å². The van der Waals surface area contributed by atoms with Crippen molar-refractivity contribution in [2.75, 3.05) is 96.7 Å². The molecule has 6 heterocycles. The third-order valence-corrected chi connectivity index (χ3v) is 16.4. The normalized spacial score (nSPS) is 36.8. The zero-order valence-electron chi connectivity index (χ0n) is 40.3. The molecule has 11 nitrogen and oxygen atoms in total. The highest BCUT2D eigenvalue weighted by Gasteiger charge is 2.40. The number of fused-ring (bicyclic) bond motifs is 1. The number of aromatic nitrogens is 1. The highest BCUT2D eigenvalue weighted by atomic mass is 19.1. The number of morpholine rings is 1. The SMILES string of the molecule is C=C(CN1C[C@@H](C)NCC1CN1CCO[C@H](COC2CC(F)CC(OC[C@H]3CCCN(CC4CN[C@H](C)CC4CC)C3)C2)C1)N1CC(C)(C)c2[nH]c(=O)c(CC3CCC(F)CC3)cc21. The number of nitrogens with one attached hydrogen (secondary N) is 3. The summed E-state index contributed by atoms with van der Waals surface area (Å²) in [7, 11) is 0. The van der Waals surface area contributed by atoms with Crippen LogP contribution in [-0.4, -0.2) is 160 Å². The summed E-state index contributed by atoms with van der Waals surface area (Å²) in [6.45, 7) is 28.3. The fourth-order valence-electron chi connectivity index (χ4n) is 12.7. The second-order valence-corrected chi connectivity index (χ2v) is 22.3. The van der Waals surface area contributed by atoms with Crippen LogP contribution in [0.2, 0.25) is 0 Å². The fourth-order valence-corrected chi connectivity index (χ4v) is 12.7. The maximum absolute atomic E-state index is 15.2. The van der Waals surface area contributed by atoms with Gasteiger partial charge in [-0.3, -0.25) is 14.6 Å². The van der Waals surface area contributed by atoms with Gasteiger partial charge in [-0.05, 0) is 114 Å². The fraction of sp³-hybridized carbons (Fsp3) is 0.863. The Kier molecular flexibility index (Phi) is 16.7. The van der Waals surface area contributed by atoms with Crippen LogP contribution in [-0.2, 0) is 26.0 Å². The molecule has 8 rings (SSSR count). The van der Waals surface area contributed by atoms with Gasteiger partial charge in [-0.25, -0.2) is 8.78 Å². The lowest BCUT2D eigenvalue weighted by atomic mass is 9.81. The summed E-state index contributed by atoms with van der Waals surface area (Å²) in [5, 5.41) is 7.46. The molecule has 7 aliphatic rings. The number of likely N-dealkylation sites (tertiary alicyclic amines) is 1. The molecule has 2 aliphatic carbocycles. The zero-order chi connectivity index (χ0) is 45.0. The van der Waals surface area contributed by atoms with E-state index in [0.717, 1.165) is 113 Å². The van der Waals surface area contributed by atoms with Crippen molar-refractivity contribution in [3.05, 3.63) is 40.0 Å². The molecule has 1 aromatic rings. The van der Waals surface area contributed by atoms with Gasteiger partial charge < -0.3 is 39.6 Å². The number of rotatable bonds is 16. The number of halogens is 2. The van der Waals surface area contributed by atoms with Crippen LogP contribution in [0, 0.1) is 23.7 Å². The Labute approximate surface area is 384 Å². The van der Waals surface area contributed by atoms with Crippen LogP contribution in [0.25, 0.3) is 0 Å². The summed E-state index contributed by atoms with van der Waals surface area (Å²) < 4.78 is 48.3. The molecule has 1 aromatic heterocycles. The zero-order valence-corrected chi connectivity index (χ0v) is 40.3. The molecule has 13 heteroatoms. The molecule has 6 unspecified atom stereocenters. The Morgan fingerprint density at radius 2 is 1.61 bits per heavy atom. The first-order valence-electron chi connectivity index (χ1n) is 25.8. The summed E-state index contributed by atoms with van der Waals surface area (Å²) in [6, 6.07) is 3.39. The van der Waals surface area contributed by atoms with Crippen LogP contribution in [0.15, 0.2) is 23.1 Å². The van der Waals surface area contributed by atoms with Crippen molar-refractivity contribution in [1.82, 2.24) is 30.3 Å². The van der Waals surface area contributed by atoms with E-state index in [1.54, 1.807) is 0 Å². The van der Waals surface area contributed by atoms with Crippen molar-refractivity contribution >= 4 is 5.69 Å². The monoisotopic (exact) mass is 898 g/mol. The van der Waals surface area contributed by atoms with Gasteiger partial charge in [0, 0.05) is 112 Å². The van der Waals surface area contributed by atoms with Gasteiger partial charge in [0.2, 0.25) is 0 Å². The van der Waals surface area contributed by atoms with E-state index in [1.807, 2.05) is 0 Å². The van der Waals surface area contributed by atoms with Crippen LogP contribution in [0.4, 0.5) is 14.5 Å². The summed E-state index contributed by atoms with van der Waals surface area (Å²) in [6.07, 6.45) is 8.28. The van der Waals surface area contributed by atoms with E-state index in [9.17, 15) is 9.18 Å². The molecule has 5 aliphatic heterocycles. The number of hydrogen-bond acceptors (Lipinski definition) is 10. The Morgan fingerprint density at radius 1 is 0.859 bits per heavy atom. The molecule has 0 bridgehead atoms. The van der Waals surface area contributed by atoms with Gasteiger partial charge in [0.25, 0.3) is 5.56 Å². The average Bonchev–Trinajstić information content (AvgIpc) is 3.53. The Bertz CT molecular complexity index is 1730. The number of nitrogens with zero attached hydrogens (tertiary/aromatic N) is 4. The maximum atomic E-state index is 15.2. The van der Waals surface area contributed by atoms with Gasteiger partial charge in [-0.2, -0.15) is 0 Å². The van der Waals surface area contributed by atoms with E-state index in [0.29, 0.717) is 81.9 Å². The van der Waals surface area contributed by atoms with Gasteiger partial charge in [-0.1, -0.05) is 33.8 Å². The first-order valence-corrected chi connectivity index (χ1v) is 25.8. The molecule has 10 atom stereocenters. The molecule has 362 valence electrons. The number of aromatic amines is 1. The molecule has 4 saturated heterocycles. The molecule has 0 aromatic carbocycles. The molecule has 0 spiro atoms. The standard InChI is InChI=1S/C51H85F2N7O4/c1-7-39-17-34(2)54-23-41(39)28-57-14-8-9-38(27-57)31-63-45-20-43(53)21-46(22-45)64-32-47-30-58(15-16-62-47)29-44-24-55-35(3)25-59(44)26-36(4)60-33-51(5,6)49-48(60)19-40(50(61)56-49)18-37-10-12-42(52)13-11-37/h19,34-35,37-39,41-47,54-55H,4,7-18,20-33H2,1-3,5-6H3,(H,56,61)/t34-,35-,37?,38+,39?,41?,42?,43?,44?,45?,46?,47+/m1/s1. The number of alkyl halides is 2. The lowest BCUT2D eigenvalue weighted by Crippen LogP contribution is -2.61. The summed E-state index contributed by atoms with van der Waals surface area (Å²) in [5.41, 5.74) is 3.67. The first kappa shape index (κ1) is 48.5. The number of H-pyrrole nitrogens is 1. The minimum absolute atomic E-state index is 0.00483. The van der Waals surface area contributed by atoms with Crippen LogP contribution < -0.4 is 21.1 Å². The molecule has 0 amide bonds. The highest BCUT2D eigenvalue weighted by Crippen LogP contribution is 2.41. The minimum Gasteiger partial charge on any atom is -0.378 e. The van der Waals surface area contributed by atoms with E-state index in [4.69, 9.17) is 14.2 Å². The predicted molar refractivity (Wildman–Crippen MR) is 253 cm³/mol. The van der Waals surface area contributed by atoms with Gasteiger partial charge in [0.05, 0.1) is 43.8 Å². The van der Waals surface area contributed by atoms with Crippen molar-refractivity contribution in [2.45, 2.75) is 166 Å². The molecular formula is C51H85F2N7O4. The molecule has 0 radical (unpaired) electrons. The van der Waals surface area contributed by atoms with Gasteiger partial charge in [-0.15, -0.1) is 0 Å². The smallest absolute Gasteiger partial charge is 0.251 e. The summed E-state index contributed by atoms with van der Waals surface area (Å²) >= 11 is 0. The number of hydrogen-bond donors (Lipinski definition) is 3. The quantitative estimate of drug-likeness (QED) is 0.172. The van der Waals surface area contributed by atoms with Crippen molar-refractivity contribution in [1.29, 1.82) is 0 Å². The number of pyridine rings is 1. The topological polar surface area (TPSA) is 97.6 Å². The van der Waals surface area contributed by atoms with E-state index in [-0.39, 0.29) is 29.3 Å². The number of piperazine rings is 1. The third kappa shape index (κ3) is 12.6. The van der Waals surface area contributed by atoms with E-state index >= 15 is 4.39 Å².